The van der Waals surface area contributed by atoms with Gasteiger partial charge in [-0.1, -0.05) is 127 Å². The van der Waals surface area contributed by atoms with Crippen molar-refractivity contribution in [2.24, 2.45) is 0 Å². The van der Waals surface area contributed by atoms with E-state index in [2.05, 4.69) is 120 Å². The number of nitrogens with zero attached hydrogens (tertiary/aromatic N) is 2. The number of benzene rings is 8. The van der Waals surface area contributed by atoms with E-state index >= 15 is 0 Å². The highest BCUT2D eigenvalue weighted by molar-refractivity contribution is 7.92. The van der Waals surface area contributed by atoms with Crippen molar-refractivity contribution in [2.45, 2.75) is 16.7 Å². The van der Waals surface area contributed by atoms with E-state index in [-0.39, 0.29) is 0 Å². The Morgan fingerprint density at radius 2 is 1.02 bits per heavy atom. The summed E-state index contributed by atoms with van der Waals surface area (Å²) < 4.78 is 30.3. The molecule has 10 rings (SSSR count). The molecule has 0 fully saturated rings. The Bertz CT molecular complexity index is 2980. The van der Waals surface area contributed by atoms with E-state index < -0.39 is 9.84 Å². The minimum atomic E-state index is -3.78. The van der Waals surface area contributed by atoms with Crippen LogP contribution in [0.1, 0.15) is 5.82 Å². The molecule has 0 N–H and O–H groups in total. The fraction of sp³-hybridized carbons (Fsp3) is 0.0217. The summed E-state index contributed by atoms with van der Waals surface area (Å²) in [7, 11) is -3.78. The van der Waals surface area contributed by atoms with E-state index in [1.165, 1.54) is 10.9 Å². The SMILES string of the molecule is Cc1nc2cccc3c2n1-c1ccc(-c2ccc4c(-c5ccccc5)c5ccccc5c(-c5cccc(-c6ccccc6)c5)c4c2)cc1S3(=O)=O. The van der Waals surface area contributed by atoms with E-state index in [1.54, 1.807) is 12.1 Å². The number of sulfone groups is 1. The summed E-state index contributed by atoms with van der Waals surface area (Å²) >= 11 is 0. The van der Waals surface area contributed by atoms with Crippen LogP contribution in [0.2, 0.25) is 0 Å². The van der Waals surface area contributed by atoms with Crippen LogP contribution in [-0.4, -0.2) is 18.0 Å². The van der Waals surface area contributed by atoms with Gasteiger partial charge in [0, 0.05) is 0 Å². The van der Waals surface area contributed by atoms with Gasteiger partial charge in [-0.15, -0.1) is 0 Å². The van der Waals surface area contributed by atoms with E-state index in [1.807, 2.05) is 47.9 Å². The van der Waals surface area contributed by atoms with Crippen LogP contribution in [-0.2, 0) is 9.84 Å². The van der Waals surface area contributed by atoms with Crippen molar-refractivity contribution in [1.29, 1.82) is 0 Å². The van der Waals surface area contributed by atoms with E-state index in [9.17, 15) is 8.42 Å². The third-order valence-electron chi connectivity index (χ3n) is 10.3. The van der Waals surface area contributed by atoms with Gasteiger partial charge in [0.25, 0.3) is 0 Å². The van der Waals surface area contributed by atoms with Gasteiger partial charge in [0.1, 0.15) is 5.82 Å². The number of hydrogen-bond acceptors (Lipinski definition) is 3. The Balaban J connectivity index is 1.25. The van der Waals surface area contributed by atoms with Crippen molar-refractivity contribution in [2.75, 3.05) is 0 Å². The molecule has 0 spiro atoms. The maximum atomic E-state index is 14.2. The van der Waals surface area contributed by atoms with E-state index in [0.29, 0.717) is 26.5 Å². The Kier molecular flexibility index (Phi) is 6.45. The maximum absolute atomic E-state index is 14.2. The van der Waals surface area contributed by atoms with Crippen LogP contribution >= 0.6 is 0 Å². The summed E-state index contributed by atoms with van der Waals surface area (Å²) in [5.41, 5.74) is 10.7. The maximum Gasteiger partial charge on any atom is 0.210 e. The number of aryl methyl sites for hydroxylation is 1. The lowest BCUT2D eigenvalue weighted by Crippen LogP contribution is -2.15. The number of hydrogen-bond donors (Lipinski definition) is 0. The molecule has 0 amide bonds. The molecule has 9 aromatic rings. The molecule has 0 atom stereocenters. The second kappa shape index (κ2) is 11.1. The minimum absolute atomic E-state index is 0.292. The van der Waals surface area contributed by atoms with Crippen molar-refractivity contribution in [3.05, 3.63) is 170 Å². The fourth-order valence-electron chi connectivity index (χ4n) is 8.01. The predicted molar refractivity (Wildman–Crippen MR) is 208 cm³/mol. The zero-order valence-electron chi connectivity index (χ0n) is 27.7. The van der Waals surface area contributed by atoms with Gasteiger partial charge in [-0.2, -0.15) is 0 Å². The number of imidazole rings is 1. The molecule has 1 aliphatic rings. The van der Waals surface area contributed by atoms with Gasteiger partial charge in [-0.25, -0.2) is 13.4 Å². The molecule has 1 aliphatic heterocycles. The van der Waals surface area contributed by atoms with Crippen LogP contribution in [0.15, 0.2) is 174 Å². The molecule has 0 saturated heterocycles. The monoisotopic (exact) mass is 674 g/mol. The van der Waals surface area contributed by atoms with Gasteiger partial charge in [-0.05, 0) is 109 Å². The van der Waals surface area contributed by atoms with Crippen molar-refractivity contribution < 1.29 is 8.42 Å². The highest BCUT2D eigenvalue weighted by Crippen LogP contribution is 2.46. The zero-order chi connectivity index (χ0) is 34.3. The van der Waals surface area contributed by atoms with E-state index in [0.717, 1.165) is 60.9 Å². The summed E-state index contributed by atoms with van der Waals surface area (Å²) in [5, 5.41) is 4.59. The van der Waals surface area contributed by atoms with Crippen LogP contribution in [0, 0.1) is 6.92 Å². The number of rotatable bonds is 4. The molecule has 0 saturated carbocycles. The number of para-hydroxylation sites is 1. The summed E-state index contributed by atoms with van der Waals surface area (Å²) in [6, 6.07) is 56.2. The topological polar surface area (TPSA) is 52.0 Å². The standard InChI is InChI=1S/C46H30N2O2S/c1-29-47-40-20-11-21-42-46(40)48(29)41-25-23-34(28-43(41)51(42,49)50)33-22-24-38-39(27-33)45(35-17-10-16-32(26-35)30-12-4-2-5-13-30)37-19-9-8-18-36(37)44(38)31-14-6-3-7-15-31/h2-28H,1H3. The predicted octanol–water partition coefficient (Wildman–Crippen LogP) is 11.5. The highest BCUT2D eigenvalue weighted by atomic mass is 32.2. The van der Waals surface area contributed by atoms with Gasteiger partial charge < -0.3 is 0 Å². The third-order valence-corrected chi connectivity index (χ3v) is 12.1. The van der Waals surface area contributed by atoms with Crippen LogP contribution in [0.5, 0.6) is 0 Å². The zero-order valence-corrected chi connectivity index (χ0v) is 28.5. The van der Waals surface area contributed by atoms with Gasteiger partial charge in [0.15, 0.2) is 0 Å². The molecule has 242 valence electrons. The first-order valence-electron chi connectivity index (χ1n) is 17.0. The fourth-order valence-corrected chi connectivity index (χ4v) is 9.67. The van der Waals surface area contributed by atoms with Crippen LogP contribution < -0.4 is 0 Å². The Labute approximate surface area is 295 Å². The largest absolute Gasteiger partial charge is 0.294 e. The van der Waals surface area contributed by atoms with E-state index in [4.69, 9.17) is 0 Å². The molecule has 4 nitrogen and oxygen atoms in total. The molecule has 0 radical (unpaired) electrons. The van der Waals surface area contributed by atoms with Crippen molar-refractivity contribution in [3.8, 4) is 50.2 Å². The molecule has 1 aromatic heterocycles. The molecule has 2 heterocycles. The lowest BCUT2D eigenvalue weighted by atomic mass is 9.84. The van der Waals surface area contributed by atoms with Gasteiger partial charge in [0.05, 0.1) is 26.5 Å². The summed E-state index contributed by atoms with van der Waals surface area (Å²) in [6.07, 6.45) is 0. The number of aromatic nitrogens is 2. The molecule has 5 heteroatoms. The summed E-state index contributed by atoms with van der Waals surface area (Å²) in [5.74, 6) is 0.759. The second-order valence-corrected chi connectivity index (χ2v) is 15.1. The molecule has 0 bridgehead atoms. The molecular formula is C46H30N2O2S. The van der Waals surface area contributed by atoms with Gasteiger partial charge in [0.2, 0.25) is 9.84 Å². The van der Waals surface area contributed by atoms with Crippen molar-refractivity contribution >= 4 is 42.4 Å². The lowest BCUT2D eigenvalue weighted by Gasteiger charge is -2.22. The Morgan fingerprint density at radius 3 is 1.78 bits per heavy atom. The number of fused-ring (bicyclic) bond motifs is 4. The quantitative estimate of drug-likeness (QED) is 0.175. The van der Waals surface area contributed by atoms with Crippen LogP contribution in [0.4, 0.5) is 0 Å². The second-order valence-electron chi connectivity index (χ2n) is 13.2. The highest BCUT2D eigenvalue weighted by Gasteiger charge is 2.33. The normalized spacial score (nSPS) is 13.1. The van der Waals surface area contributed by atoms with Gasteiger partial charge >= 0.3 is 0 Å². The lowest BCUT2D eigenvalue weighted by molar-refractivity contribution is 0.594. The Hall–Kier alpha value is -6.30. The smallest absolute Gasteiger partial charge is 0.210 e. The first kappa shape index (κ1) is 29.6. The first-order chi connectivity index (χ1) is 25.0. The summed E-state index contributed by atoms with van der Waals surface area (Å²) in [4.78, 5) is 5.27. The van der Waals surface area contributed by atoms with Crippen molar-refractivity contribution in [1.82, 2.24) is 9.55 Å². The van der Waals surface area contributed by atoms with Crippen molar-refractivity contribution in [3.63, 3.8) is 0 Å². The van der Waals surface area contributed by atoms with Gasteiger partial charge in [-0.3, -0.25) is 4.57 Å². The summed E-state index contributed by atoms with van der Waals surface area (Å²) in [6.45, 7) is 1.92. The first-order valence-corrected chi connectivity index (χ1v) is 18.5. The average molecular weight is 675 g/mol. The molecule has 0 unspecified atom stereocenters. The molecule has 0 aliphatic carbocycles. The minimum Gasteiger partial charge on any atom is -0.294 e. The third kappa shape index (κ3) is 4.45. The molecular weight excluding hydrogens is 645 g/mol. The molecule has 8 aromatic carbocycles. The van der Waals surface area contributed by atoms with Crippen LogP contribution in [0.3, 0.4) is 0 Å². The Morgan fingerprint density at radius 1 is 0.451 bits per heavy atom. The average Bonchev–Trinajstić information content (AvgIpc) is 3.52. The van der Waals surface area contributed by atoms with Crippen LogP contribution in [0.25, 0.3) is 82.8 Å². The molecule has 51 heavy (non-hydrogen) atoms.